The molecule has 0 saturated heterocycles. The van der Waals surface area contributed by atoms with Crippen molar-refractivity contribution in [3.8, 4) is 11.3 Å². The van der Waals surface area contributed by atoms with Crippen LogP contribution in [0.25, 0.3) is 17.4 Å². The first-order valence-electron chi connectivity index (χ1n) is 9.67. The van der Waals surface area contributed by atoms with Crippen LogP contribution >= 0.6 is 0 Å². The van der Waals surface area contributed by atoms with Gasteiger partial charge in [0.2, 0.25) is 0 Å². The van der Waals surface area contributed by atoms with E-state index in [2.05, 4.69) is 9.98 Å². The number of nitrogens with zero attached hydrogens (tertiary/aromatic N) is 2. The van der Waals surface area contributed by atoms with Crippen molar-refractivity contribution in [2.24, 2.45) is 4.99 Å². The summed E-state index contributed by atoms with van der Waals surface area (Å²) in [5.41, 5.74) is -0.681. The van der Waals surface area contributed by atoms with Crippen molar-refractivity contribution in [1.82, 2.24) is 4.98 Å². The van der Waals surface area contributed by atoms with Crippen molar-refractivity contribution in [1.29, 1.82) is 0 Å². The number of hydrogen-bond acceptors (Lipinski definition) is 3. The van der Waals surface area contributed by atoms with Crippen LogP contribution in [0.2, 0.25) is 0 Å². The third kappa shape index (κ3) is 4.76. The molecule has 0 spiro atoms. The average molecular weight is 450 g/mol. The van der Waals surface area contributed by atoms with Crippen LogP contribution in [0.3, 0.4) is 0 Å². The number of furan rings is 1. The maximum Gasteiger partial charge on any atom is 0.416 e. The van der Waals surface area contributed by atoms with Gasteiger partial charge in [-0.3, -0.25) is 9.98 Å². The number of allylic oxidation sites excluding steroid dienone is 1. The minimum atomic E-state index is -4.93. The Bertz CT molecular complexity index is 1140. The van der Waals surface area contributed by atoms with Crippen LogP contribution < -0.4 is 0 Å². The van der Waals surface area contributed by atoms with Gasteiger partial charge in [-0.2, -0.15) is 26.3 Å². The fourth-order valence-corrected chi connectivity index (χ4v) is 3.45. The van der Waals surface area contributed by atoms with Gasteiger partial charge in [-0.25, -0.2) is 0 Å². The number of rotatable bonds is 3. The lowest BCUT2D eigenvalue weighted by Crippen LogP contribution is -2.11. The number of alkyl halides is 6. The topological polar surface area (TPSA) is 38.4 Å². The molecule has 0 amide bonds. The molecule has 0 bridgehead atoms. The summed E-state index contributed by atoms with van der Waals surface area (Å²) in [6.07, 6.45) is -3.33. The molecule has 1 aliphatic rings. The summed E-state index contributed by atoms with van der Waals surface area (Å²) in [6, 6.07) is 7.88. The number of hydrogen-bond donors (Lipinski definition) is 0. The molecule has 0 unspecified atom stereocenters. The molecule has 166 valence electrons. The molecule has 1 aromatic carbocycles. The molecule has 9 heteroatoms. The molecule has 4 rings (SSSR count). The number of aromatic nitrogens is 1. The lowest BCUT2D eigenvalue weighted by atomic mass is 9.96. The zero-order chi connectivity index (χ0) is 22.9. The van der Waals surface area contributed by atoms with Gasteiger partial charge in [0.1, 0.15) is 11.5 Å². The summed E-state index contributed by atoms with van der Waals surface area (Å²) >= 11 is 0. The number of aliphatic imine (C=N–C) groups is 1. The molecule has 32 heavy (non-hydrogen) atoms. The number of benzene rings is 1. The van der Waals surface area contributed by atoms with Gasteiger partial charge in [0.25, 0.3) is 0 Å². The van der Waals surface area contributed by atoms with E-state index in [1.807, 2.05) is 6.07 Å². The van der Waals surface area contributed by atoms with E-state index in [9.17, 15) is 26.3 Å². The van der Waals surface area contributed by atoms with E-state index in [4.69, 9.17) is 4.42 Å². The second-order valence-electron chi connectivity index (χ2n) is 7.24. The third-order valence-electron chi connectivity index (χ3n) is 4.93. The van der Waals surface area contributed by atoms with Crippen molar-refractivity contribution in [3.05, 3.63) is 82.9 Å². The minimum Gasteiger partial charge on any atom is -0.457 e. The van der Waals surface area contributed by atoms with Crippen molar-refractivity contribution in [2.45, 2.75) is 25.2 Å². The Morgan fingerprint density at radius 2 is 1.59 bits per heavy atom. The summed E-state index contributed by atoms with van der Waals surface area (Å²) < 4.78 is 84.5. The van der Waals surface area contributed by atoms with E-state index >= 15 is 0 Å². The summed E-state index contributed by atoms with van der Waals surface area (Å²) in [4.78, 5) is 8.62. The Labute approximate surface area is 179 Å². The smallest absolute Gasteiger partial charge is 0.416 e. The summed E-state index contributed by atoms with van der Waals surface area (Å²) in [6.45, 7) is 0.648. The van der Waals surface area contributed by atoms with Gasteiger partial charge in [-0.05, 0) is 67.0 Å². The lowest BCUT2D eigenvalue weighted by molar-refractivity contribution is -0.143. The molecule has 0 atom stereocenters. The zero-order valence-corrected chi connectivity index (χ0v) is 16.5. The van der Waals surface area contributed by atoms with Crippen molar-refractivity contribution in [3.63, 3.8) is 0 Å². The van der Waals surface area contributed by atoms with E-state index in [0.717, 1.165) is 23.3 Å². The largest absolute Gasteiger partial charge is 0.457 e. The molecule has 3 aromatic rings. The van der Waals surface area contributed by atoms with Crippen LogP contribution in [-0.2, 0) is 12.4 Å². The van der Waals surface area contributed by atoms with E-state index < -0.39 is 23.5 Å². The van der Waals surface area contributed by atoms with Gasteiger partial charge in [-0.1, -0.05) is 0 Å². The quantitative estimate of drug-likeness (QED) is 0.401. The van der Waals surface area contributed by atoms with Gasteiger partial charge in [0.15, 0.2) is 0 Å². The van der Waals surface area contributed by atoms with Crippen molar-refractivity contribution < 1.29 is 30.8 Å². The van der Waals surface area contributed by atoms with Crippen LogP contribution in [0.5, 0.6) is 0 Å². The second-order valence-corrected chi connectivity index (χ2v) is 7.24. The fraction of sp³-hybridized carbons (Fsp3) is 0.217. The minimum absolute atomic E-state index is 0.0913. The highest BCUT2D eigenvalue weighted by Crippen LogP contribution is 2.39. The second kappa shape index (κ2) is 8.29. The zero-order valence-electron chi connectivity index (χ0n) is 16.5. The summed E-state index contributed by atoms with van der Waals surface area (Å²) in [5.74, 6) is 0.212. The predicted octanol–water partition coefficient (Wildman–Crippen LogP) is 7.05. The molecule has 0 aliphatic carbocycles. The molecule has 0 N–H and O–H groups in total. The first-order chi connectivity index (χ1) is 15.1. The van der Waals surface area contributed by atoms with Crippen LogP contribution in [0.1, 0.15) is 35.3 Å². The number of halogens is 6. The molecule has 0 fully saturated rings. The molecule has 0 saturated carbocycles. The van der Waals surface area contributed by atoms with Gasteiger partial charge >= 0.3 is 12.4 Å². The lowest BCUT2D eigenvalue weighted by Gasteiger charge is -2.15. The normalized spacial score (nSPS) is 16.3. The SMILES string of the molecule is FC(F)(F)c1cc(-c2ccc(/C=C3\CCCN=C3c3cccnc3)o2)cc(C(F)(F)F)c1. The average Bonchev–Trinajstić information content (AvgIpc) is 3.22. The van der Waals surface area contributed by atoms with Crippen molar-refractivity contribution >= 4 is 11.8 Å². The molecule has 1 aliphatic heterocycles. The Kier molecular flexibility index (Phi) is 5.66. The molecular weight excluding hydrogens is 434 g/mol. The molecular formula is C23H16F6N2O. The Balaban J connectivity index is 1.71. The van der Waals surface area contributed by atoms with Gasteiger partial charge in [-0.15, -0.1) is 0 Å². The maximum atomic E-state index is 13.1. The Morgan fingerprint density at radius 3 is 2.22 bits per heavy atom. The van der Waals surface area contributed by atoms with Crippen LogP contribution in [-0.4, -0.2) is 17.2 Å². The Morgan fingerprint density at radius 1 is 0.875 bits per heavy atom. The number of pyridine rings is 1. The first-order valence-corrected chi connectivity index (χ1v) is 9.67. The van der Waals surface area contributed by atoms with E-state index in [1.165, 1.54) is 12.1 Å². The van der Waals surface area contributed by atoms with E-state index in [1.54, 1.807) is 24.5 Å². The molecule has 0 radical (unpaired) electrons. The van der Waals surface area contributed by atoms with Crippen LogP contribution in [0.4, 0.5) is 26.3 Å². The van der Waals surface area contributed by atoms with Crippen LogP contribution in [0, 0.1) is 0 Å². The highest BCUT2D eigenvalue weighted by molar-refractivity contribution is 6.15. The molecule has 2 aromatic heterocycles. The third-order valence-corrected chi connectivity index (χ3v) is 4.93. The predicted molar refractivity (Wildman–Crippen MR) is 107 cm³/mol. The van der Waals surface area contributed by atoms with E-state index in [-0.39, 0.29) is 17.4 Å². The fourth-order valence-electron chi connectivity index (χ4n) is 3.45. The van der Waals surface area contributed by atoms with Crippen LogP contribution in [0.15, 0.2) is 69.8 Å². The monoisotopic (exact) mass is 450 g/mol. The van der Waals surface area contributed by atoms with Gasteiger partial charge in [0.05, 0.1) is 16.8 Å². The van der Waals surface area contributed by atoms with Gasteiger partial charge < -0.3 is 4.42 Å². The highest BCUT2D eigenvalue weighted by atomic mass is 19.4. The molecule has 3 heterocycles. The standard InChI is InChI=1S/C23H16F6N2O/c24-22(25,26)17-9-16(10-18(12-17)23(27,28)29)20-6-5-19(32-20)11-14-3-2-8-31-21(14)15-4-1-7-30-13-15/h1,4-7,9-13H,2-3,8H2/b14-11+. The summed E-state index contributed by atoms with van der Waals surface area (Å²) in [5, 5.41) is 0. The van der Waals surface area contributed by atoms with E-state index in [0.29, 0.717) is 30.9 Å². The molecule has 3 nitrogen and oxygen atoms in total. The highest BCUT2D eigenvalue weighted by Gasteiger charge is 2.37. The first kappa shape index (κ1) is 21.9. The van der Waals surface area contributed by atoms with Gasteiger partial charge in [0, 0.05) is 30.1 Å². The summed E-state index contributed by atoms with van der Waals surface area (Å²) in [7, 11) is 0. The van der Waals surface area contributed by atoms with Crippen molar-refractivity contribution in [2.75, 3.05) is 6.54 Å². The maximum absolute atomic E-state index is 13.1. The Hall–Kier alpha value is -3.36.